The summed E-state index contributed by atoms with van der Waals surface area (Å²) in [7, 11) is 0.765. The summed E-state index contributed by atoms with van der Waals surface area (Å²) in [5.74, 6) is 1.24. The number of ether oxygens (including phenoxy) is 4. The maximum absolute atomic E-state index is 12.2. The molecule has 0 spiro atoms. The number of methoxy groups -OCH3 is 3. The van der Waals surface area contributed by atoms with E-state index in [-0.39, 0.29) is 29.5 Å². The van der Waals surface area contributed by atoms with Gasteiger partial charge in [-0.3, -0.25) is 9.80 Å². The molecule has 2 aromatic rings. The van der Waals surface area contributed by atoms with Gasteiger partial charge in [-0.05, 0) is 30.7 Å². The number of sulfonamides is 1. The maximum Gasteiger partial charge on any atom is 0.338 e. The van der Waals surface area contributed by atoms with Gasteiger partial charge < -0.3 is 18.9 Å². The Hall–Kier alpha value is -2.57. The monoisotopic (exact) mass is 543 g/mol. The number of piperazine rings is 1. The Morgan fingerprint density at radius 3 is 1.94 bits per heavy atom. The molecule has 1 fully saturated rings. The van der Waals surface area contributed by atoms with Crippen molar-refractivity contribution in [2.24, 2.45) is 5.14 Å². The number of hydrogen-bond acceptors (Lipinski definition) is 9. The number of carbonyl (C=O) groups is 1. The summed E-state index contributed by atoms with van der Waals surface area (Å²) in [4.78, 5) is 16.4. The number of benzene rings is 2. The van der Waals surface area contributed by atoms with Crippen LogP contribution in [0.1, 0.15) is 28.4 Å². The summed E-state index contributed by atoms with van der Waals surface area (Å²) in [5, 5.41) is 5.45. The lowest BCUT2D eigenvalue weighted by Gasteiger charge is -2.35. The first-order valence-corrected chi connectivity index (χ1v) is 12.8. The summed E-state index contributed by atoms with van der Waals surface area (Å²) in [6.07, 6.45) is 0. The Morgan fingerprint density at radius 1 is 0.889 bits per heavy atom. The highest BCUT2D eigenvalue weighted by molar-refractivity contribution is 7.89. The fourth-order valence-corrected chi connectivity index (χ4v) is 4.96. The van der Waals surface area contributed by atoms with Crippen molar-refractivity contribution >= 4 is 28.4 Å². The number of hydrogen-bond donors (Lipinski definition) is 1. The molecule has 10 nitrogen and oxygen atoms in total. The molecular weight excluding hydrogens is 510 g/mol. The number of rotatable bonds is 10. The van der Waals surface area contributed by atoms with Crippen molar-refractivity contribution < 1.29 is 32.2 Å². The van der Waals surface area contributed by atoms with Crippen molar-refractivity contribution in [3.05, 3.63) is 47.0 Å². The Bertz CT molecular complexity index is 1150. The topological polar surface area (TPSA) is 121 Å². The van der Waals surface area contributed by atoms with Crippen LogP contribution in [-0.2, 0) is 27.8 Å². The maximum atomic E-state index is 12.2. The van der Waals surface area contributed by atoms with Crippen molar-refractivity contribution in [3.63, 3.8) is 0 Å². The van der Waals surface area contributed by atoms with Crippen LogP contribution in [0.3, 0.4) is 0 Å². The van der Waals surface area contributed by atoms with Gasteiger partial charge in [0.05, 0.1) is 38.4 Å². The second-order valence-electron chi connectivity index (χ2n) is 8.13. The van der Waals surface area contributed by atoms with Gasteiger partial charge in [-0.2, -0.15) is 0 Å². The average Bonchev–Trinajstić information content (AvgIpc) is 2.84. The Morgan fingerprint density at radius 2 is 1.44 bits per heavy atom. The summed E-state index contributed by atoms with van der Waals surface area (Å²) >= 11 is 0. The summed E-state index contributed by atoms with van der Waals surface area (Å²) in [6.45, 7) is 6.00. The van der Waals surface area contributed by atoms with Gasteiger partial charge in [0, 0.05) is 44.8 Å². The normalized spacial score (nSPS) is 14.6. The van der Waals surface area contributed by atoms with Crippen molar-refractivity contribution in [2.75, 3.05) is 54.1 Å². The molecule has 1 aliphatic rings. The number of nitrogens with two attached hydrogens (primary N) is 1. The molecule has 2 N–H and O–H groups in total. The van der Waals surface area contributed by atoms with Gasteiger partial charge in [-0.1, -0.05) is 12.1 Å². The summed E-state index contributed by atoms with van der Waals surface area (Å²) in [5.41, 5.74) is 1.70. The standard InChI is InChI=1S/C24H33N3O7S.ClH/c1-5-34-24(28)17-6-7-18(21(14-17)35(25,29)30)15-26-10-12-27(13-11-26)16-19-8-9-20(31-2)23(33-4)22(19)32-3;/h6-9,14H,5,10-13,15-16H2,1-4H3,(H2,25,29,30);1H. The smallest absolute Gasteiger partial charge is 0.338 e. The molecule has 0 atom stereocenters. The minimum absolute atomic E-state index is 0. The molecule has 0 unspecified atom stereocenters. The minimum Gasteiger partial charge on any atom is -0.493 e. The number of halogens is 1. The summed E-state index contributed by atoms with van der Waals surface area (Å²) in [6, 6.07) is 8.33. The van der Waals surface area contributed by atoms with Crippen LogP contribution in [0.2, 0.25) is 0 Å². The molecular formula is C24H34ClN3O7S. The Kier molecular flexibility index (Phi) is 10.8. The highest BCUT2D eigenvalue weighted by Crippen LogP contribution is 2.40. The minimum atomic E-state index is -4.01. The van der Waals surface area contributed by atoms with Crippen LogP contribution in [0.4, 0.5) is 0 Å². The van der Waals surface area contributed by atoms with E-state index in [9.17, 15) is 13.2 Å². The molecule has 2 aromatic carbocycles. The third-order valence-corrected chi connectivity index (χ3v) is 6.92. The van der Waals surface area contributed by atoms with Crippen LogP contribution >= 0.6 is 12.4 Å². The van der Waals surface area contributed by atoms with Crippen LogP contribution in [-0.4, -0.2) is 78.3 Å². The predicted molar refractivity (Wildman–Crippen MR) is 138 cm³/mol. The molecule has 0 bridgehead atoms. The Balaban J connectivity index is 0.00000456. The lowest BCUT2D eigenvalue weighted by molar-refractivity contribution is 0.0526. The van der Waals surface area contributed by atoms with Crippen molar-refractivity contribution in [1.82, 2.24) is 9.80 Å². The molecule has 1 heterocycles. The van der Waals surface area contributed by atoms with Crippen molar-refractivity contribution in [2.45, 2.75) is 24.9 Å². The van der Waals surface area contributed by atoms with E-state index in [1.165, 1.54) is 6.07 Å². The summed E-state index contributed by atoms with van der Waals surface area (Å²) < 4.78 is 45.8. The van der Waals surface area contributed by atoms with E-state index in [2.05, 4.69) is 9.80 Å². The average molecular weight is 544 g/mol. The molecule has 36 heavy (non-hydrogen) atoms. The van der Waals surface area contributed by atoms with Crippen LogP contribution in [0.5, 0.6) is 17.2 Å². The zero-order chi connectivity index (χ0) is 25.6. The van der Waals surface area contributed by atoms with E-state index >= 15 is 0 Å². The number of esters is 1. The third-order valence-electron chi connectivity index (χ3n) is 5.92. The molecule has 0 amide bonds. The van der Waals surface area contributed by atoms with Crippen molar-refractivity contribution in [3.8, 4) is 17.2 Å². The second kappa shape index (κ2) is 13.1. The third kappa shape index (κ3) is 7.01. The largest absolute Gasteiger partial charge is 0.493 e. The van der Waals surface area contributed by atoms with Gasteiger partial charge in [0.2, 0.25) is 15.8 Å². The first kappa shape index (κ1) is 29.7. The molecule has 0 aliphatic carbocycles. The van der Waals surface area contributed by atoms with Gasteiger partial charge in [0.15, 0.2) is 11.5 Å². The zero-order valence-corrected chi connectivity index (χ0v) is 22.6. The SMILES string of the molecule is CCOC(=O)c1ccc(CN2CCN(Cc3ccc(OC)c(OC)c3OC)CC2)c(S(N)(=O)=O)c1.Cl. The molecule has 0 aromatic heterocycles. The number of nitrogens with zero attached hydrogens (tertiary/aromatic N) is 2. The molecule has 12 heteroatoms. The van der Waals surface area contributed by atoms with Gasteiger partial charge in [0.25, 0.3) is 0 Å². The lowest BCUT2D eigenvalue weighted by atomic mass is 10.1. The lowest BCUT2D eigenvalue weighted by Crippen LogP contribution is -2.45. The molecule has 200 valence electrons. The number of primary sulfonamides is 1. The van der Waals surface area contributed by atoms with E-state index in [1.54, 1.807) is 40.4 Å². The van der Waals surface area contributed by atoms with Gasteiger partial charge in [0.1, 0.15) is 0 Å². The fourth-order valence-electron chi connectivity index (χ4n) is 4.17. The molecule has 1 saturated heterocycles. The molecule has 1 aliphatic heterocycles. The molecule has 0 saturated carbocycles. The van der Waals surface area contributed by atoms with Crippen LogP contribution in [0, 0.1) is 0 Å². The fraction of sp³-hybridized carbons (Fsp3) is 0.458. The highest BCUT2D eigenvalue weighted by atomic mass is 35.5. The first-order valence-electron chi connectivity index (χ1n) is 11.3. The predicted octanol–water partition coefficient (Wildman–Crippen LogP) is 2.28. The van der Waals surface area contributed by atoms with E-state index < -0.39 is 16.0 Å². The van der Waals surface area contributed by atoms with Crippen LogP contribution in [0.15, 0.2) is 35.2 Å². The van der Waals surface area contributed by atoms with Gasteiger partial charge in [-0.25, -0.2) is 18.4 Å². The Labute approximate surface area is 218 Å². The quantitative estimate of drug-likeness (QED) is 0.450. The van der Waals surface area contributed by atoms with E-state index in [4.69, 9.17) is 24.1 Å². The highest BCUT2D eigenvalue weighted by Gasteiger charge is 2.24. The van der Waals surface area contributed by atoms with Crippen LogP contribution < -0.4 is 19.3 Å². The second-order valence-corrected chi connectivity index (χ2v) is 9.66. The first-order chi connectivity index (χ1) is 16.7. The molecule has 0 radical (unpaired) electrons. The van der Waals surface area contributed by atoms with Crippen molar-refractivity contribution in [1.29, 1.82) is 0 Å². The van der Waals surface area contributed by atoms with E-state index in [1.807, 2.05) is 12.1 Å². The van der Waals surface area contributed by atoms with Crippen LogP contribution in [0.25, 0.3) is 0 Å². The van der Waals surface area contributed by atoms with Gasteiger partial charge in [-0.15, -0.1) is 12.4 Å². The zero-order valence-electron chi connectivity index (χ0n) is 21.0. The molecule has 3 rings (SSSR count). The van der Waals surface area contributed by atoms with Gasteiger partial charge >= 0.3 is 5.97 Å². The van der Waals surface area contributed by atoms with E-state index in [0.29, 0.717) is 35.9 Å². The van der Waals surface area contributed by atoms with E-state index in [0.717, 1.165) is 31.7 Å². The number of carbonyl (C=O) groups excluding carboxylic acids is 1.